The standard InChI is InChI=1S/C16H23Cl/c1-4-6-7-9-14(8-5-2)15-10-11-16(17)13(3)12-15/h6-7,10-12,14H,4-5,8-9H2,1-3H3/b7-6-. The SMILES string of the molecule is CC/C=C\CC(CCC)c1ccc(Cl)c(C)c1. The summed E-state index contributed by atoms with van der Waals surface area (Å²) in [6, 6.07) is 6.44. The molecule has 17 heavy (non-hydrogen) atoms. The van der Waals surface area contributed by atoms with Crippen LogP contribution in [0.4, 0.5) is 0 Å². The quantitative estimate of drug-likeness (QED) is 0.553. The molecule has 0 saturated heterocycles. The molecule has 0 saturated carbocycles. The zero-order valence-electron chi connectivity index (χ0n) is 11.2. The van der Waals surface area contributed by atoms with Crippen LogP contribution in [0.5, 0.6) is 0 Å². The zero-order valence-corrected chi connectivity index (χ0v) is 11.9. The summed E-state index contributed by atoms with van der Waals surface area (Å²) in [5.41, 5.74) is 2.61. The molecule has 1 heteroatoms. The van der Waals surface area contributed by atoms with Gasteiger partial charge in [0.25, 0.3) is 0 Å². The van der Waals surface area contributed by atoms with E-state index in [-0.39, 0.29) is 0 Å². The van der Waals surface area contributed by atoms with Crippen molar-refractivity contribution < 1.29 is 0 Å². The lowest BCUT2D eigenvalue weighted by Crippen LogP contribution is -1.98. The molecule has 0 fully saturated rings. The number of halogens is 1. The van der Waals surface area contributed by atoms with Crippen LogP contribution in [0.15, 0.2) is 30.4 Å². The highest BCUT2D eigenvalue weighted by atomic mass is 35.5. The average Bonchev–Trinajstić information content (AvgIpc) is 2.32. The first-order chi connectivity index (χ1) is 8.19. The Kier molecular flexibility index (Phi) is 6.36. The van der Waals surface area contributed by atoms with E-state index < -0.39 is 0 Å². The number of benzene rings is 1. The predicted octanol–water partition coefficient (Wildman–Crippen LogP) is 5.89. The topological polar surface area (TPSA) is 0 Å². The summed E-state index contributed by atoms with van der Waals surface area (Å²) in [6.07, 6.45) is 9.30. The highest BCUT2D eigenvalue weighted by Gasteiger charge is 2.09. The molecular weight excluding hydrogens is 228 g/mol. The van der Waals surface area contributed by atoms with E-state index in [1.165, 1.54) is 24.0 Å². The van der Waals surface area contributed by atoms with Crippen LogP contribution in [0.25, 0.3) is 0 Å². The summed E-state index contributed by atoms with van der Waals surface area (Å²) in [7, 11) is 0. The van der Waals surface area contributed by atoms with Crippen molar-refractivity contribution in [3.63, 3.8) is 0 Å². The molecule has 1 rings (SSSR count). The van der Waals surface area contributed by atoms with E-state index in [0.29, 0.717) is 5.92 Å². The number of aryl methyl sites for hydroxylation is 1. The second-order valence-corrected chi connectivity index (χ2v) is 5.02. The van der Waals surface area contributed by atoms with E-state index in [2.05, 4.69) is 45.1 Å². The van der Waals surface area contributed by atoms with Crippen LogP contribution in [-0.4, -0.2) is 0 Å². The van der Waals surface area contributed by atoms with Gasteiger partial charge in [0, 0.05) is 5.02 Å². The fraction of sp³-hybridized carbons (Fsp3) is 0.500. The maximum absolute atomic E-state index is 6.08. The smallest absolute Gasteiger partial charge is 0.0435 e. The van der Waals surface area contributed by atoms with E-state index in [0.717, 1.165) is 17.9 Å². The predicted molar refractivity (Wildman–Crippen MR) is 77.9 cm³/mol. The molecule has 0 aliphatic rings. The maximum atomic E-state index is 6.08. The van der Waals surface area contributed by atoms with Crippen LogP contribution < -0.4 is 0 Å². The molecule has 1 aromatic carbocycles. The van der Waals surface area contributed by atoms with Crippen molar-refractivity contribution in [2.45, 2.75) is 52.4 Å². The van der Waals surface area contributed by atoms with Crippen molar-refractivity contribution in [1.82, 2.24) is 0 Å². The fourth-order valence-corrected chi connectivity index (χ4v) is 2.24. The minimum absolute atomic E-state index is 0.638. The lowest BCUT2D eigenvalue weighted by Gasteiger charge is -2.15. The molecule has 94 valence electrons. The van der Waals surface area contributed by atoms with Gasteiger partial charge in [0.2, 0.25) is 0 Å². The Morgan fingerprint density at radius 2 is 2.00 bits per heavy atom. The Morgan fingerprint density at radius 1 is 1.24 bits per heavy atom. The van der Waals surface area contributed by atoms with Crippen molar-refractivity contribution in [2.24, 2.45) is 0 Å². The molecule has 0 amide bonds. The van der Waals surface area contributed by atoms with Crippen molar-refractivity contribution in [3.05, 3.63) is 46.5 Å². The van der Waals surface area contributed by atoms with Gasteiger partial charge < -0.3 is 0 Å². The van der Waals surface area contributed by atoms with Crippen LogP contribution in [0.3, 0.4) is 0 Å². The molecular formula is C16H23Cl. The number of rotatable bonds is 6. The second-order valence-electron chi connectivity index (χ2n) is 4.61. The van der Waals surface area contributed by atoms with Gasteiger partial charge in [-0.2, -0.15) is 0 Å². The molecule has 0 aliphatic carbocycles. The third-order valence-electron chi connectivity index (χ3n) is 3.11. The van der Waals surface area contributed by atoms with Crippen molar-refractivity contribution in [1.29, 1.82) is 0 Å². The van der Waals surface area contributed by atoms with Crippen LogP contribution in [0.2, 0.25) is 5.02 Å². The Labute approximate surface area is 111 Å². The summed E-state index contributed by atoms with van der Waals surface area (Å²) in [5, 5.41) is 0.869. The average molecular weight is 251 g/mol. The van der Waals surface area contributed by atoms with Crippen LogP contribution >= 0.6 is 11.6 Å². The molecule has 1 atom stereocenters. The fourth-order valence-electron chi connectivity index (χ4n) is 2.12. The minimum atomic E-state index is 0.638. The minimum Gasteiger partial charge on any atom is -0.0888 e. The largest absolute Gasteiger partial charge is 0.0888 e. The van der Waals surface area contributed by atoms with Gasteiger partial charge in [-0.15, -0.1) is 0 Å². The zero-order chi connectivity index (χ0) is 12.7. The molecule has 1 unspecified atom stereocenters. The van der Waals surface area contributed by atoms with Crippen molar-refractivity contribution in [2.75, 3.05) is 0 Å². The molecule has 0 heterocycles. The monoisotopic (exact) mass is 250 g/mol. The van der Waals surface area contributed by atoms with E-state index in [4.69, 9.17) is 11.6 Å². The molecule has 0 radical (unpaired) electrons. The first kappa shape index (κ1) is 14.3. The number of hydrogen-bond donors (Lipinski definition) is 0. The lowest BCUT2D eigenvalue weighted by molar-refractivity contribution is 0.620. The molecule has 1 aromatic rings. The van der Waals surface area contributed by atoms with Gasteiger partial charge in [-0.25, -0.2) is 0 Å². The van der Waals surface area contributed by atoms with E-state index in [1.54, 1.807) is 0 Å². The summed E-state index contributed by atoms with van der Waals surface area (Å²) < 4.78 is 0. The van der Waals surface area contributed by atoms with Gasteiger partial charge in [-0.3, -0.25) is 0 Å². The Bertz CT molecular complexity index is 366. The van der Waals surface area contributed by atoms with Crippen molar-refractivity contribution >= 4 is 11.6 Å². The van der Waals surface area contributed by atoms with Crippen LogP contribution in [0, 0.1) is 6.92 Å². The maximum Gasteiger partial charge on any atom is 0.0435 e. The summed E-state index contributed by atoms with van der Waals surface area (Å²) >= 11 is 6.08. The molecule has 0 nitrogen and oxygen atoms in total. The first-order valence-corrected chi connectivity index (χ1v) is 6.97. The third-order valence-corrected chi connectivity index (χ3v) is 3.54. The Hall–Kier alpha value is -0.750. The molecule has 0 spiro atoms. The Morgan fingerprint density at radius 3 is 2.59 bits per heavy atom. The second kappa shape index (κ2) is 7.55. The van der Waals surface area contributed by atoms with Gasteiger partial charge in [0.1, 0.15) is 0 Å². The first-order valence-electron chi connectivity index (χ1n) is 6.60. The summed E-state index contributed by atoms with van der Waals surface area (Å²) in [6.45, 7) is 6.51. The van der Waals surface area contributed by atoms with Gasteiger partial charge in [0.05, 0.1) is 0 Å². The van der Waals surface area contributed by atoms with Gasteiger partial charge >= 0.3 is 0 Å². The number of allylic oxidation sites excluding steroid dienone is 2. The normalized spacial score (nSPS) is 13.2. The molecule has 0 aliphatic heterocycles. The van der Waals surface area contributed by atoms with Crippen molar-refractivity contribution in [3.8, 4) is 0 Å². The summed E-state index contributed by atoms with van der Waals surface area (Å²) in [5.74, 6) is 0.638. The van der Waals surface area contributed by atoms with E-state index in [1.807, 2.05) is 6.07 Å². The Balaban J connectivity index is 2.81. The molecule has 0 bridgehead atoms. The van der Waals surface area contributed by atoms with E-state index in [9.17, 15) is 0 Å². The highest BCUT2D eigenvalue weighted by molar-refractivity contribution is 6.31. The third kappa shape index (κ3) is 4.55. The van der Waals surface area contributed by atoms with Crippen LogP contribution in [0.1, 0.15) is 56.6 Å². The van der Waals surface area contributed by atoms with E-state index >= 15 is 0 Å². The van der Waals surface area contributed by atoms with Gasteiger partial charge in [0.15, 0.2) is 0 Å². The van der Waals surface area contributed by atoms with Gasteiger partial charge in [-0.05, 0) is 49.3 Å². The highest BCUT2D eigenvalue weighted by Crippen LogP contribution is 2.28. The van der Waals surface area contributed by atoms with Crippen LogP contribution in [-0.2, 0) is 0 Å². The molecule has 0 N–H and O–H groups in total. The van der Waals surface area contributed by atoms with Gasteiger partial charge in [-0.1, -0.05) is 56.2 Å². The summed E-state index contributed by atoms with van der Waals surface area (Å²) in [4.78, 5) is 0. The number of hydrogen-bond acceptors (Lipinski definition) is 0. The molecule has 0 aromatic heterocycles. The lowest BCUT2D eigenvalue weighted by atomic mass is 9.90.